The van der Waals surface area contributed by atoms with Gasteiger partial charge in [-0.2, -0.15) is 13.2 Å². The third-order valence-corrected chi connectivity index (χ3v) is 3.69. The number of hydrogen-bond acceptors (Lipinski definition) is 3. The monoisotopic (exact) mass is 265 g/mol. The molecule has 4 nitrogen and oxygen atoms in total. The highest BCUT2D eigenvalue weighted by Crippen LogP contribution is 2.44. The van der Waals surface area contributed by atoms with Crippen molar-refractivity contribution in [2.45, 2.75) is 37.9 Å². The van der Waals surface area contributed by atoms with Crippen LogP contribution in [-0.4, -0.2) is 29.8 Å². The minimum Gasteiger partial charge on any atom is -0.409 e. The van der Waals surface area contributed by atoms with Crippen LogP contribution in [0.25, 0.3) is 0 Å². The molecule has 0 aromatic rings. The molecule has 0 radical (unpaired) electrons. The summed E-state index contributed by atoms with van der Waals surface area (Å²) < 4.78 is 38.2. The van der Waals surface area contributed by atoms with Crippen molar-refractivity contribution >= 4 is 5.84 Å². The number of nitrogens with two attached hydrogens (primary N) is 1. The van der Waals surface area contributed by atoms with Crippen molar-refractivity contribution in [1.29, 1.82) is 0 Å². The molecule has 0 amide bonds. The fourth-order valence-electron chi connectivity index (χ4n) is 2.34. The Labute approximate surface area is 103 Å². The molecule has 0 bridgehead atoms. The third-order valence-electron chi connectivity index (χ3n) is 3.69. The average molecular weight is 265 g/mol. The lowest BCUT2D eigenvalue weighted by Crippen LogP contribution is -2.46. The summed E-state index contributed by atoms with van der Waals surface area (Å²) in [5, 5.41) is 13.9. The molecule has 0 heterocycles. The number of oxime groups is 1. The van der Waals surface area contributed by atoms with E-state index in [1.807, 2.05) is 0 Å². The van der Waals surface area contributed by atoms with Gasteiger partial charge in [0, 0.05) is 12.6 Å². The Morgan fingerprint density at radius 2 is 1.78 bits per heavy atom. The summed E-state index contributed by atoms with van der Waals surface area (Å²) in [5.74, 6) is -1.67. The van der Waals surface area contributed by atoms with E-state index < -0.39 is 17.9 Å². The van der Waals surface area contributed by atoms with E-state index in [1.165, 1.54) is 0 Å². The molecule has 0 aliphatic heterocycles. The maximum absolute atomic E-state index is 12.7. The molecule has 2 aliphatic carbocycles. The van der Waals surface area contributed by atoms with Crippen LogP contribution in [0.3, 0.4) is 0 Å². The van der Waals surface area contributed by atoms with Crippen LogP contribution in [0.5, 0.6) is 0 Å². The summed E-state index contributed by atoms with van der Waals surface area (Å²) in [4.78, 5) is 0. The summed E-state index contributed by atoms with van der Waals surface area (Å²) in [6.07, 6.45) is -0.118. The van der Waals surface area contributed by atoms with Crippen LogP contribution in [0.2, 0.25) is 0 Å². The molecule has 104 valence electrons. The van der Waals surface area contributed by atoms with E-state index in [0.29, 0.717) is 11.8 Å². The number of halogens is 3. The molecule has 7 heteroatoms. The zero-order valence-corrected chi connectivity index (χ0v) is 9.95. The number of nitrogens with one attached hydrogen (secondary N) is 1. The summed E-state index contributed by atoms with van der Waals surface area (Å²) in [5.41, 5.74) is 5.11. The second kappa shape index (κ2) is 4.95. The number of rotatable bonds is 6. The van der Waals surface area contributed by atoms with Crippen LogP contribution in [0.15, 0.2) is 5.16 Å². The Morgan fingerprint density at radius 3 is 2.11 bits per heavy atom. The Balaban J connectivity index is 1.92. The highest BCUT2D eigenvalue weighted by atomic mass is 19.4. The maximum atomic E-state index is 12.7. The van der Waals surface area contributed by atoms with E-state index >= 15 is 0 Å². The van der Waals surface area contributed by atoms with Crippen LogP contribution in [0.4, 0.5) is 13.2 Å². The van der Waals surface area contributed by atoms with Crippen molar-refractivity contribution in [3.05, 3.63) is 0 Å². The van der Waals surface area contributed by atoms with Crippen LogP contribution in [0.1, 0.15) is 25.7 Å². The summed E-state index contributed by atoms with van der Waals surface area (Å²) in [7, 11) is 0. The van der Waals surface area contributed by atoms with Gasteiger partial charge >= 0.3 is 6.18 Å². The van der Waals surface area contributed by atoms with Gasteiger partial charge in [-0.05, 0) is 37.5 Å². The Hall–Kier alpha value is -0.980. The quantitative estimate of drug-likeness (QED) is 0.296. The van der Waals surface area contributed by atoms with Crippen molar-refractivity contribution < 1.29 is 18.4 Å². The molecule has 0 spiro atoms. The van der Waals surface area contributed by atoms with Crippen molar-refractivity contribution in [2.24, 2.45) is 28.6 Å². The molecule has 0 aromatic heterocycles. The van der Waals surface area contributed by atoms with Gasteiger partial charge in [-0.3, -0.25) is 0 Å². The fraction of sp³-hybridized carbons (Fsp3) is 0.909. The summed E-state index contributed by atoms with van der Waals surface area (Å²) >= 11 is 0. The Bertz CT molecular complexity index is 312. The van der Waals surface area contributed by atoms with Gasteiger partial charge in [-0.15, -0.1) is 0 Å². The van der Waals surface area contributed by atoms with Crippen LogP contribution < -0.4 is 11.1 Å². The van der Waals surface area contributed by atoms with Gasteiger partial charge in [0.1, 0.15) is 5.92 Å². The molecule has 4 N–H and O–H groups in total. The van der Waals surface area contributed by atoms with E-state index in [1.54, 1.807) is 0 Å². The van der Waals surface area contributed by atoms with Gasteiger partial charge in [0.15, 0.2) is 5.84 Å². The average Bonchev–Trinajstić information content (AvgIpc) is 3.14. The van der Waals surface area contributed by atoms with E-state index in [0.717, 1.165) is 25.7 Å². The lowest BCUT2D eigenvalue weighted by molar-refractivity contribution is -0.155. The number of alkyl halides is 3. The molecule has 0 aromatic carbocycles. The van der Waals surface area contributed by atoms with Crippen molar-refractivity contribution in [3.8, 4) is 0 Å². The number of hydrogen-bond donors (Lipinski definition) is 3. The zero-order valence-electron chi connectivity index (χ0n) is 9.95. The first kappa shape index (κ1) is 13.5. The maximum Gasteiger partial charge on any atom is 0.400 e. The third kappa shape index (κ3) is 3.28. The first-order valence-electron chi connectivity index (χ1n) is 6.21. The van der Waals surface area contributed by atoms with Gasteiger partial charge in [0.25, 0.3) is 0 Å². The van der Waals surface area contributed by atoms with Crippen LogP contribution >= 0.6 is 0 Å². The van der Waals surface area contributed by atoms with E-state index in [9.17, 15) is 13.2 Å². The molecule has 2 fully saturated rings. The SMILES string of the molecule is NC(=NO)C(CNC(C1CC1)C1CC1)C(F)(F)F. The molecule has 2 aliphatic rings. The predicted molar refractivity (Wildman–Crippen MR) is 60.2 cm³/mol. The molecule has 0 saturated heterocycles. The largest absolute Gasteiger partial charge is 0.409 e. The standard InChI is InChI=1S/C11H18F3N3O/c12-11(13,14)8(10(15)17-18)5-16-9(6-1-2-6)7-3-4-7/h6-9,16,18H,1-5H2,(H2,15,17). The molecule has 1 atom stereocenters. The van der Waals surface area contributed by atoms with Crippen LogP contribution in [-0.2, 0) is 0 Å². The van der Waals surface area contributed by atoms with Crippen LogP contribution in [0, 0.1) is 17.8 Å². The summed E-state index contributed by atoms with van der Waals surface area (Å²) in [6, 6.07) is 0.168. The number of amidine groups is 1. The van der Waals surface area contributed by atoms with Crippen molar-refractivity contribution in [1.82, 2.24) is 5.32 Å². The Kier molecular flexibility index (Phi) is 3.70. The zero-order chi connectivity index (χ0) is 13.3. The van der Waals surface area contributed by atoms with Crippen molar-refractivity contribution in [3.63, 3.8) is 0 Å². The minimum absolute atomic E-state index is 0.168. The van der Waals surface area contributed by atoms with Gasteiger partial charge in [-0.1, -0.05) is 5.16 Å². The predicted octanol–water partition coefficient (Wildman–Crippen LogP) is 1.69. The fourth-order valence-corrected chi connectivity index (χ4v) is 2.34. The highest BCUT2D eigenvalue weighted by Gasteiger charge is 2.46. The molecule has 18 heavy (non-hydrogen) atoms. The highest BCUT2D eigenvalue weighted by molar-refractivity contribution is 5.83. The molecule has 2 rings (SSSR count). The van der Waals surface area contributed by atoms with Gasteiger partial charge in [0.05, 0.1) is 0 Å². The lowest BCUT2D eigenvalue weighted by Gasteiger charge is -2.23. The smallest absolute Gasteiger partial charge is 0.400 e. The normalized spacial score (nSPS) is 23.4. The molecule has 1 unspecified atom stereocenters. The molecular formula is C11H18F3N3O. The van der Waals surface area contributed by atoms with Gasteiger partial charge in [0.2, 0.25) is 0 Å². The van der Waals surface area contributed by atoms with E-state index in [2.05, 4.69) is 10.5 Å². The first-order valence-corrected chi connectivity index (χ1v) is 6.21. The van der Waals surface area contributed by atoms with Gasteiger partial charge < -0.3 is 16.3 Å². The van der Waals surface area contributed by atoms with E-state index in [4.69, 9.17) is 10.9 Å². The molecule has 2 saturated carbocycles. The van der Waals surface area contributed by atoms with Crippen molar-refractivity contribution in [2.75, 3.05) is 6.54 Å². The molecular weight excluding hydrogens is 247 g/mol. The van der Waals surface area contributed by atoms with E-state index in [-0.39, 0.29) is 12.6 Å². The summed E-state index contributed by atoms with van der Waals surface area (Å²) in [6.45, 7) is -0.308. The second-order valence-electron chi connectivity index (χ2n) is 5.23. The second-order valence-corrected chi connectivity index (χ2v) is 5.23. The number of nitrogens with zero attached hydrogens (tertiary/aromatic N) is 1. The topological polar surface area (TPSA) is 70.6 Å². The van der Waals surface area contributed by atoms with Gasteiger partial charge in [-0.25, -0.2) is 0 Å². The first-order chi connectivity index (χ1) is 8.43. The Morgan fingerprint density at radius 1 is 1.28 bits per heavy atom. The minimum atomic E-state index is -4.49. The lowest BCUT2D eigenvalue weighted by atomic mass is 10.0.